The minimum absolute atomic E-state index is 0.0480. The van der Waals surface area contributed by atoms with Crippen LogP contribution in [0.5, 0.6) is 0 Å². The summed E-state index contributed by atoms with van der Waals surface area (Å²) in [6.45, 7) is 0. The van der Waals surface area contributed by atoms with Gasteiger partial charge in [0.05, 0.1) is 17.0 Å². The zero-order valence-electron chi connectivity index (χ0n) is 10.7. The number of aromatic carboxylic acids is 1. The van der Waals surface area contributed by atoms with Crippen molar-refractivity contribution >= 4 is 29.3 Å². The lowest BCUT2D eigenvalue weighted by Crippen LogP contribution is -2.14. The van der Waals surface area contributed by atoms with Gasteiger partial charge in [-0.1, -0.05) is 23.9 Å². The average molecular weight is 302 g/mol. The quantitative estimate of drug-likeness (QED) is 0.823. The standard InChI is InChI=1S/C14H10N2O4S/c15-7-9-3-1-2-4-10(9)16-12(17)8-21-13-6-5-11(20-13)14(18)19/h1-6H,8H2,(H,16,17)(H,18,19). The summed E-state index contributed by atoms with van der Waals surface area (Å²) in [6, 6.07) is 11.5. The molecule has 0 saturated carbocycles. The molecule has 0 bridgehead atoms. The van der Waals surface area contributed by atoms with E-state index in [4.69, 9.17) is 14.8 Å². The lowest BCUT2D eigenvalue weighted by Gasteiger charge is -2.05. The Bertz CT molecular complexity index is 718. The highest BCUT2D eigenvalue weighted by atomic mass is 32.2. The molecule has 1 heterocycles. The van der Waals surface area contributed by atoms with Crippen LogP contribution in [0.3, 0.4) is 0 Å². The topological polar surface area (TPSA) is 103 Å². The van der Waals surface area contributed by atoms with Gasteiger partial charge >= 0.3 is 5.97 Å². The summed E-state index contributed by atoms with van der Waals surface area (Å²) in [5.74, 6) is -1.59. The summed E-state index contributed by atoms with van der Waals surface area (Å²) in [4.78, 5) is 22.4. The zero-order chi connectivity index (χ0) is 15.2. The van der Waals surface area contributed by atoms with E-state index < -0.39 is 5.97 Å². The molecule has 2 rings (SSSR count). The van der Waals surface area contributed by atoms with Gasteiger partial charge in [-0.3, -0.25) is 4.79 Å². The number of carboxylic acids is 1. The molecule has 21 heavy (non-hydrogen) atoms. The number of rotatable bonds is 5. The van der Waals surface area contributed by atoms with E-state index in [1.54, 1.807) is 24.3 Å². The van der Waals surface area contributed by atoms with Crippen LogP contribution in [0, 0.1) is 11.3 Å². The molecule has 0 saturated heterocycles. The fourth-order valence-electron chi connectivity index (χ4n) is 1.53. The van der Waals surface area contributed by atoms with Crippen molar-refractivity contribution in [3.05, 3.63) is 47.7 Å². The maximum atomic E-state index is 11.8. The Morgan fingerprint density at radius 3 is 2.71 bits per heavy atom. The minimum atomic E-state index is -1.16. The lowest BCUT2D eigenvalue weighted by atomic mass is 10.2. The summed E-state index contributed by atoms with van der Waals surface area (Å²) >= 11 is 1.07. The van der Waals surface area contributed by atoms with Gasteiger partial charge in [0, 0.05) is 0 Å². The van der Waals surface area contributed by atoms with E-state index >= 15 is 0 Å². The van der Waals surface area contributed by atoms with Crippen LogP contribution in [0.2, 0.25) is 0 Å². The first kappa shape index (κ1) is 14.7. The average Bonchev–Trinajstić information content (AvgIpc) is 2.95. The lowest BCUT2D eigenvalue weighted by molar-refractivity contribution is -0.113. The first-order chi connectivity index (χ1) is 10.1. The Morgan fingerprint density at radius 1 is 1.29 bits per heavy atom. The van der Waals surface area contributed by atoms with Crippen LogP contribution in [0.4, 0.5) is 5.69 Å². The minimum Gasteiger partial charge on any atom is -0.475 e. The second kappa shape index (κ2) is 6.63. The van der Waals surface area contributed by atoms with Crippen LogP contribution >= 0.6 is 11.8 Å². The van der Waals surface area contributed by atoms with Gasteiger partial charge in [-0.25, -0.2) is 4.79 Å². The van der Waals surface area contributed by atoms with Crippen LogP contribution in [-0.4, -0.2) is 22.7 Å². The Hall–Kier alpha value is -2.72. The number of carbonyl (C=O) groups is 2. The SMILES string of the molecule is N#Cc1ccccc1NC(=O)CSc1ccc(C(=O)O)o1. The maximum Gasteiger partial charge on any atom is 0.371 e. The molecule has 0 spiro atoms. The van der Waals surface area contributed by atoms with E-state index in [1.807, 2.05) is 6.07 Å². The zero-order valence-corrected chi connectivity index (χ0v) is 11.5. The van der Waals surface area contributed by atoms with Gasteiger partial charge in [0.2, 0.25) is 11.7 Å². The van der Waals surface area contributed by atoms with Crippen LogP contribution in [-0.2, 0) is 4.79 Å². The summed E-state index contributed by atoms with van der Waals surface area (Å²) in [6.07, 6.45) is 0. The third kappa shape index (κ3) is 3.87. The van der Waals surface area contributed by atoms with E-state index in [1.165, 1.54) is 12.1 Å². The Kier molecular flexibility index (Phi) is 4.64. The van der Waals surface area contributed by atoms with Crippen molar-refractivity contribution in [2.45, 2.75) is 5.09 Å². The van der Waals surface area contributed by atoms with Gasteiger partial charge in [0.15, 0.2) is 5.09 Å². The van der Waals surface area contributed by atoms with Crippen molar-refractivity contribution in [1.82, 2.24) is 0 Å². The number of amides is 1. The molecule has 0 fully saturated rings. The van der Waals surface area contributed by atoms with Gasteiger partial charge in [-0.2, -0.15) is 5.26 Å². The van der Waals surface area contributed by atoms with Crippen LogP contribution in [0.25, 0.3) is 0 Å². The molecule has 7 heteroatoms. The summed E-state index contributed by atoms with van der Waals surface area (Å²) in [7, 11) is 0. The van der Waals surface area contributed by atoms with Crippen molar-refractivity contribution in [3.63, 3.8) is 0 Å². The van der Waals surface area contributed by atoms with Crippen molar-refractivity contribution in [2.75, 3.05) is 11.1 Å². The van der Waals surface area contributed by atoms with E-state index in [9.17, 15) is 9.59 Å². The van der Waals surface area contributed by atoms with Gasteiger partial charge in [-0.15, -0.1) is 0 Å². The first-order valence-corrected chi connectivity index (χ1v) is 6.83. The van der Waals surface area contributed by atoms with Crippen molar-refractivity contribution < 1.29 is 19.1 Å². The molecule has 0 atom stereocenters. The molecule has 1 aromatic carbocycles. The van der Waals surface area contributed by atoms with Crippen molar-refractivity contribution in [3.8, 4) is 6.07 Å². The molecular formula is C14H10N2O4S. The number of para-hydroxylation sites is 1. The molecule has 2 aromatic rings. The predicted molar refractivity (Wildman–Crippen MR) is 76.2 cm³/mol. The maximum absolute atomic E-state index is 11.8. The van der Waals surface area contributed by atoms with E-state index in [0.717, 1.165) is 11.8 Å². The molecule has 0 radical (unpaired) electrons. The van der Waals surface area contributed by atoms with E-state index in [2.05, 4.69) is 5.32 Å². The molecule has 0 aliphatic heterocycles. The summed E-state index contributed by atoms with van der Waals surface area (Å²) < 4.78 is 5.02. The molecular weight excluding hydrogens is 292 g/mol. The Morgan fingerprint density at radius 2 is 2.05 bits per heavy atom. The molecule has 1 amide bonds. The number of nitriles is 1. The van der Waals surface area contributed by atoms with Crippen molar-refractivity contribution in [2.24, 2.45) is 0 Å². The molecule has 6 nitrogen and oxygen atoms in total. The van der Waals surface area contributed by atoms with Crippen LogP contribution in [0.15, 0.2) is 45.9 Å². The third-order valence-electron chi connectivity index (χ3n) is 2.46. The monoisotopic (exact) mass is 302 g/mol. The number of carbonyl (C=O) groups excluding carboxylic acids is 1. The van der Waals surface area contributed by atoms with Gasteiger partial charge in [0.1, 0.15) is 6.07 Å². The number of hydrogen-bond donors (Lipinski definition) is 2. The number of nitrogens with one attached hydrogen (secondary N) is 1. The number of thioether (sulfide) groups is 1. The highest BCUT2D eigenvalue weighted by molar-refractivity contribution is 7.99. The number of nitrogens with zero attached hydrogens (tertiary/aromatic N) is 1. The van der Waals surface area contributed by atoms with Gasteiger partial charge in [0.25, 0.3) is 0 Å². The number of carboxylic acid groups (broad SMARTS) is 1. The second-order valence-corrected chi connectivity index (χ2v) is 4.90. The van der Waals surface area contributed by atoms with Crippen molar-refractivity contribution in [1.29, 1.82) is 5.26 Å². The smallest absolute Gasteiger partial charge is 0.371 e. The van der Waals surface area contributed by atoms with Gasteiger partial charge in [-0.05, 0) is 24.3 Å². The second-order valence-electron chi connectivity index (χ2n) is 3.92. The van der Waals surface area contributed by atoms with Gasteiger partial charge < -0.3 is 14.8 Å². The highest BCUT2D eigenvalue weighted by Gasteiger charge is 2.11. The number of furan rings is 1. The fourth-order valence-corrected chi connectivity index (χ4v) is 2.18. The third-order valence-corrected chi connectivity index (χ3v) is 3.37. The molecule has 1 aromatic heterocycles. The Balaban J connectivity index is 1.93. The molecule has 0 aliphatic carbocycles. The number of anilines is 1. The summed E-state index contributed by atoms with van der Waals surface area (Å²) in [5, 5.41) is 20.6. The first-order valence-electron chi connectivity index (χ1n) is 5.85. The van der Waals surface area contributed by atoms with E-state index in [0.29, 0.717) is 16.3 Å². The normalized spacial score (nSPS) is 9.86. The summed E-state index contributed by atoms with van der Waals surface area (Å²) in [5.41, 5.74) is 0.818. The fraction of sp³-hybridized carbons (Fsp3) is 0.0714. The van der Waals surface area contributed by atoms with E-state index in [-0.39, 0.29) is 17.4 Å². The molecule has 2 N–H and O–H groups in total. The predicted octanol–water partition coefficient (Wildman–Crippen LogP) is 2.58. The number of hydrogen-bond acceptors (Lipinski definition) is 5. The van der Waals surface area contributed by atoms with Crippen LogP contribution in [0.1, 0.15) is 16.1 Å². The Labute approximate surface area is 124 Å². The van der Waals surface area contributed by atoms with Crippen LogP contribution < -0.4 is 5.32 Å². The number of benzene rings is 1. The molecule has 106 valence electrons. The molecule has 0 aliphatic rings. The largest absolute Gasteiger partial charge is 0.475 e. The highest BCUT2D eigenvalue weighted by Crippen LogP contribution is 2.21. The molecule has 0 unspecified atom stereocenters.